The Kier molecular flexibility index (Phi) is 5.81. The number of nitrogens with zero attached hydrogens (tertiary/aromatic N) is 5. The summed E-state index contributed by atoms with van der Waals surface area (Å²) in [6.45, 7) is 9.42. The first-order valence-electron chi connectivity index (χ1n) is 9.07. The molecule has 0 saturated carbocycles. The molecule has 3 rings (SSSR count). The average Bonchev–Trinajstić information content (AvgIpc) is 2.93. The van der Waals surface area contributed by atoms with Gasteiger partial charge >= 0.3 is 0 Å². The lowest BCUT2D eigenvalue weighted by Crippen LogP contribution is -2.36. The lowest BCUT2D eigenvalue weighted by molar-refractivity contribution is -0.130. The molecule has 0 atom stereocenters. The second kappa shape index (κ2) is 8.25. The molecule has 3 heterocycles. The molecule has 1 fully saturated rings. The lowest BCUT2D eigenvalue weighted by Gasteiger charge is -2.21. The first-order chi connectivity index (χ1) is 12.1. The van der Waals surface area contributed by atoms with E-state index in [4.69, 9.17) is 0 Å². The van der Waals surface area contributed by atoms with Crippen LogP contribution in [0.15, 0.2) is 30.7 Å². The van der Waals surface area contributed by atoms with Crippen molar-refractivity contribution in [3.63, 3.8) is 0 Å². The van der Waals surface area contributed by atoms with Crippen LogP contribution in [-0.2, 0) is 24.3 Å². The van der Waals surface area contributed by atoms with Gasteiger partial charge in [-0.1, -0.05) is 6.07 Å². The molecule has 0 spiro atoms. The topological polar surface area (TPSA) is 54.3 Å². The van der Waals surface area contributed by atoms with E-state index in [2.05, 4.69) is 28.1 Å². The highest BCUT2D eigenvalue weighted by atomic mass is 16.2. The van der Waals surface area contributed by atoms with E-state index in [1.165, 1.54) is 5.56 Å². The Morgan fingerprint density at radius 3 is 2.72 bits per heavy atom. The molecule has 2 aromatic rings. The molecule has 1 aliphatic heterocycles. The molecule has 6 nitrogen and oxygen atoms in total. The van der Waals surface area contributed by atoms with Gasteiger partial charge in [0.15, 0.2) is 0 Å². The number of hydrogen-bond donors (Lipinski definition) is 0. The summed E-state index contributed by atoms with van der Waals surface area (Å²) in [5, 5.41) is 4.34. The zero-order valence-electron chi connectivity index (χ0n) is 15.2. The maximum Gasteiger partial charge on any atom is 0.227 e. The van der Waals surface area contributed by atoms with Gasteiger partial charge in [-0.3, -0.25) is 19.4 Å². The van der Waals surface area contributed by atoms with E-state index in [0.717, 1.165) is 56.9 Å². The van der Waals surface area contributed by atoms with Gasteiger partial charge in [-0.15, -0.1) is 0 Å². The van der Waals surface area contributed by atoms with Crippen LogP contribution in [0.1, 0.15) is 30.2 Å². The third-order valence-corrected chi connectivity index (χ3v) is 4.69. The van der Waals surface area contributed by atoms with Crippen molar-refractivity contribution in [1.29, 1.82) is 0 Å². The molecular formula is C19H27N5O. The molecule has 0 radical (unpaired) electrons. The van der Waals surface area contributed by atoms with E-state index in [-0.39, 0.29) is 5.91 Å². The zero-order valence-corrected chi connectivity index (χ0v) is 15.2. The van der Waals surface area contributed by atoms with Gasteiger partial charge in [-0.2, -0.15) is 5.10 Å². The van der Waals surface area contributed by atoms with Gasteiger partial charge < -0.3 is 4.90 Å². The molecule has 1 amide bonds. The van der Waals surface area contributed by atoms with E-state index in [9.17, 15) is 4.79 Å². The summed E-state index contributed by atoms with van der Waals surface area (Å²) >= 11 is 0. The minimum absolute atomic E-state index is 0.200. The number of rotatable bonds is 5. The number of aromatic nitrogens is 3. The van der Waals surface area contributed by atoms with Gasteiger partial charge in [-0.05, 0) is 31.9 Å². The van der Waals surface area contributed by atoms with E-state index < -0.39 is 0 Å². The van der Waals surface area contributed by atoms with Crippen molar-refractivity contribution in [2.24, 2.45) is 0 Å². The Labute approximate surface area is 149 Å². The van der Waals surface area contributed by atoms with Gasteiger partial charge in [0.2, 0.25) is 5.91 Å². The highest BCUT2D eigenvalue weighted by Crippen LogP contribution is 2.10. The zero-order chi connectivity index (χ0) is 17.6. The molecule has 0 bridgehead atoms. The van der Waals surface area contributed by atoms with Crippen LogP contribution in [-0.4, -0.2) is 56.7 Å². The highest BCUT2D eigenvalue weighted by molar-refractivity contribution is 5.78. The Hall–Kier alpha value is -2.21. The Morgan fingerprint density at radius 2 is 2.00 bits per heavy atom. The SMILES string of the molecule is CCn1cc(CN2CCCN(C(=O)Cc3ccc(C)nc3)CC2)cn1. The first kappa shape index (κ1) is 17.6. The van der Waals surface area contributed by atoms with Gasteiger partial charge in [-0.25, -0.2) is 0 Å². The van der Waals surface area contributed by atoms with Gasteiger partial charge in [0.25, 0.3) is 0 Å². The van der Waals surface area contributed by atoms with Crippen LogP contribution >= 0.6 is 0 Å². The maximum atomic E-state index is 12.6. The summed E-state index contributed by atoms with van der Waals surface area (Å²) in [5.41, 5.74) is 3.21. The molecule has 6 heteroatoms. The summed E-state index contributed by atoms with van der Waals surface area (Å²) in [7, 11) is 0. The van der Waals surface area contributed by atoms with E-state index in [0.29, 0.717) is 6.42 Å². The van der Waals surface area contributed by atoms with E-state index in [1.807, 2.05) is 41.0 Å². The fraction of sp³-hybridized carbons (Fsp3) is 0.526. The summed E-state index contributed by atoms with van der Waals surface area (Å²) < 4.78 is 1.96. The Bertz CT molecular complexity index is 694. The van der Waals surface area contributed by atoms with E-state index >= 15 is 0 Å². The Balaban J connectivity index is 1.52. The summed E-state index contributed by atoms with van der Waals surface area (Å²) in [5.74, 6) is 0.200. The van der Waals surface area contributed by atoms with Crippen LogP contribution in [0.3, 0.4) is 0 Å². The van der Waals surface area contributed by atoms with Crippen LogP contribution in [0.5, 0.6) is 0 Å². The third kappa shape index (κ3) is 4.89. The normalized spacial score (nSPS) is 16.0. The minimum atomic E-state index is 0.200. The van der Waals surface area contributed by atoms with Crippen molar-refractivity contribution in [2.45, 2.75) is 39.8 Å². The predicted octanol–water partition coefficient (Wildman–Crippen LogP) is 1.88. The van der Waals surface area contributed by atoms with Crippen molar-refractivity contribution in [1.82, 2.24) is 24.6 Å². The van der Waals surface area contributed by atoms with Crippen molar-refractivity contribution in [3.05, 3.63) is 47.5 Å². The van der Waals surface area contributed by atoms with Crippen LogP contribution < -0.4 is 0 Å². The summed E-state index contributed by atoms with van der Waals surface area (Å²) in [4.78, 5) is 21.3. The molecule has 1 aliphatic rings. The molecule has 134 valence electrons. The fourth-order valence-electron chi connectivity index (χ4n) is 3.19. The number of amides is 1. The molecule has 0 aromatic carbocycles. The van der Waals surface area contributed by atoms with Gasteiger partial charge in [0, 0.05) is 62.9 Å². The minimum Gasteiger partial charge on any atom is -0.341 e. The number of pyridine rings is 1. The standard InChI is InChI=1S/C19H27N5O/c1-3-24-15-18(13-21-24)14-22-7-4-8-23(10-9-22)19(25)11-17-6-5-16(2)20-12-17/h5-6,12-13,15H,3-4,7-11,14H2,1-2H3. The molecular weight excluding hydrogens is 314 g/mol. The predicted molar refractivity (Wildman–Crippen MR) is 97.1 cm³/mol. The van der Waals surface area contributed by atoms with Crippen LogP contribution in [0, 0.1) is 6.92 Å². The molecule has 25 heavy (non-hydrogen) atoms. The van der Waals surface area contributed by atoms with Crippen molar-refractivity contribution >= 4 is 5.91 Å². The summed E-state index contributed by atoms with van der Waals surface area (Å²) in [6, 6.07) is 3.96. The molecule has 0 unspecified atom stereocenters. The molecule has 1 saturated heterocycles. The van der Waals surface area contributed by atoms with Crippen molar-refractivity contribution in [2.75, 3.05) is 26.2 Å². The second-order valence-corrected chi connectivity index (χ2v) is 6.70. The summed E-state index contributed by atoms with van der Waals surface area (Å²) in [6.07, 6.45) is 7.32. The highest BCUT2D eigenvalue weighted by Gasteiger charge is 2.19. The van der Waals surface area contributed by atoms with Crippen LogP contribution in [0.2, 0.25) is 0 Å². The molecule has 0 aliphatic carbocycles. The van der Waals surface area contributed by atoms with Gasteiger partial charge in [0.05, 0.1) is 12.6 Å². The third-order valence-electron chi connectivity index (χ3n) is 4.69. The van der Waals surface area contributed by atoms with Crippen LogP contribution in [0.25, 0.3) is 0 Å². The largest absolute Gasteiger partial charge is 0.341 e. The monoisotopic (exact) mass is 341 g/mol. The van der Waals surface area contributed by atoms with Gasteiger partial charge in [0.1, 0.15) is 0 Å². The second-order valence-electron chi connectivity index (χ2n) is 6.70. The number of hydrogen-bond acceptors (Lipinski definition) is 4. The molecule has 2 aromatic heterocycles. The molecule has 0 N–H and O–H groups in total. The number of carbonyl (C=O) groups is 1. The van der Waals surface area contributed by atoms with Crippen LogP contribution in [0.4, 0.5) is 0 Å². The smallest absolute Gasteiger partial charge is 0.227 e. The quantitative estimate of drug-likeness (QED) is 0.833. The van der Waals surface area contributed by atoms with Crippen molar-refractivity contribution < 1.29 is 4.79 Å². The fourth-order valence-corrected chi connectivity index (χ4v) is 3.19. The maximum absolute atomic E-state index is 12.6. The van der Waals surface area contributed by atoms with Crippen molar-refractivity contribution in [3.8, 4) is 0 Å². The lowest BCUT2D eigenvalue weighted by atomic mass is 10.2. The number of aryl methyl sites for hydroxylation is 2. The van der Waals surface area contributed by atoms with E-state index in [1.54, 1.807) is 0 Å². The first-order valence-corrected chi connectivity index (χ1v) is 9.07. The average molecular weight is 341 g/mol. The number of carbonyl (C=O) groups excluding carboxylic acids is 1. The Morgan fingerprint density at radius 1 is 1.12 bits per heavy atom.